The van der Waals surface area contributed by atoms with Crippen molar-refractivity contribution in [3.63, 3.8) is 0 Å². The highest BCUT2D eigenvalue weighted by atomic mass is 32.2. The minimum atomic E-state index is 0.806. The van der Waals surface area contributed by atoms with Gasteiger partial charge < -0.3 is 15.0 Å². The molecule has 1 N–H and O–H groups in total. The minimum absolute atomic E-state index is 0.806. The predicted molar refractivity (Wildman–Crippen MR) is 105 cm³/mol. The van der Waals surface area contributed by atoms with Gasteiger partial charge in [0, 0.05) is 36.8 Å². The zero-order valence-electron chi connectivity index (χ0n) is 14.1. The van der Waals surface area contributed by atoms with E-state index in [1.54, 1.807) is 11.8 Å². The van der Waals surface area contributed by atoms with E-state index in [0.717, 1.165) is 60.5 Å². The van der Waals surface area contributed by atoms with Crippen LogP contribution in [0.5, 0.6) is 11.5 Å². The zero-order chi connectivity index (χ0) is 17.1. The second kappa shape index (κ2) is 7.33. The first-order valence-electron chi connectivity index (χ1n) is 8.54. The second-order valence-corrected chi connectivity index (χ2v) is 7.09. The Morgan fingerprint density at radius 1 is 1.16 bits per heavy atom. The van der Waals surface area contributed by atoms with Crippen LogP contribution in [0.3, 0.4) is 0 Å². The number of fused-ring (bicyclic) bond motifs is 2. The van der Waals surface area contributed by atoms with Crippen molar-refractivity contribution in [3.8, 4) is 11.5 Å². The van der Waals surface area contributed by atoms with E-state index in [4.69, 9.17) is 9.73 Å². The number of hydrogen-bond acceptors (Lipinski definition) is 5. The Hall–Kier alpha value is -2.24. The van der Waals surface area contributed by atoms with Gasteiger partial charge >= 0.3 is 0 Å². The zero-order valence-corrected chi connectivity index (χ0v) is 14.9. The van der Waals surface area contributed by atoms with Gasteiger partial charge in [-0.3, -0.25) is 0 Å². The molecule has 2 heterocycles. The first-order chi connectivity index (χ1) is 12.3. The molecule has 5 heteroatoms. The lowest BCUT2D eigenvalue weighted by atomic mass is 10.1. The molecule has 0 aliphatic carbocycles. The summed E-state index contributed by atoms with van der Waals surface area (Å²) in [6, 6.07) is 14.3. The third kappa shape index (κ3) is 3.43. The highest BCUT2D eigenvalue weighted by molar-refractivity contribution is 7.99. The third-order valence-corrected chi connectivity index (χ3v) is 5.28. The minimum Gasteiger partial charge on any atom is -0.454 e. The standard InChI is InChI=1S/C20H21N3OS/c1-2-13-25-15-7-8-18-16(14-15)20(23-11-9-21-10-12-23)22-17-5-3-4-6-19(17)24-18/h2-8,14,21H,1,9-13H2. The Morgan fingerprint density at radius 2 is 2.00 bits per heavy atom. The Balaban J connectivity index is 1.81. The molecule has 4 nitrogen and oxygen atoms in total. The Bertz CT molecular complexity index is 812. The fraction of sp³-hybridized carbons (Fsp3) is 0.250. The van der Waals surface area contributed by atoms with Gasteiger partial charge in [-0.15, -0.1) is 18.3 Å². The van der Waals surface area contributed by atoms with Gasteiger partial charge in [0.1, 0.15) is 17.3 Å². The summed E-state index contributed by atoms with van der Waals surface area (Å²) in [7, 11) is 0. The molecule has 0 amide bonds. The van der Waals surface area contributed by atoms with Gasteiger partial charge in [-0.25, -0.2) is 4.99 Å². The van der Waals surface area contributed by atoms with E-state index >= 15 is 0 Å². The molecule has 2 aromatic rings. The SMILES string of the molecule is C=CCSc1ccc2c(c1)C(N1CCNCC1)=Nc1ccccc1O2. The van der Waals surface area contributed by atoms with Crippen LogP contribution in [0.15, 0.2) is 65.0 Å². The van der Waals surface area contributed by atoms with Gasteiger partial charge in [0.25, 0.3) is 0 Å². The topological polar surface area (TPSA) is 36.9 Å². The molecule has 0 saturated carbocycles. The molecule has 0 spiro atoms. The van der Waals surface area contributed by atoms with E-state index in [2.05, 4.69) is 35.0 Å². The van der Waals surface area contributed by atoms with Crippen LogP contribution in [-0.2, 0) is 0 Å². The van der Waals surface area contributed by atoms with Crippen LogP contribution >= 0.6 is 11.8 Å². The van der Waals surface area contributed by atoms with Gasteiger partial charge in [0.15, 0.2) is 5.75 Å². The first kappa shape index (κ1) is 16.2. The lowest BCUT2D eigenvalue weighted by molar-refractivity contribution is 0.357. The number of benzene rings is 2. The fourth-order valence-corrected chi connectivity index (χ4v) is 3.74. The Kier molecular flexibility index (Phi) is 4.76. The van der Waals surface area contributed by atoms with Gasteiger partial charge in [-0.2, -0.15) is 0 Å². The van der Waals surface area contributed by atoms with Crippen molar-refractivity contribution in [2.24, 2.45) is 4.99 Å². The number of aliphatic imine (C=N–C) groups is 1. The number of rotatable bonds is 3. The van der Waals surface area contributed by atoms with Crippen molar-refractivity contribution in [1.82, 2.24) is 10.2 Å². The molecular formula is C20H21N3OS. The van der Waals surface area contributed by atoms with Crippen LogP contribution in [0.1, 0.15) is 5.56 Å². The Morgan fingerprint density at radius 3 is 2.84 bits per heavy atom. The third-order valence-electron chi connectivity index (χ3n) is 4.29. The monoisotopic (exact) mass is 351 g/mol. The number of nitrogens with zero attached hydrogens (tertiary/aromatic N) is 2. The molecule has 0 aromatic heterocycles. The summed E-state index contributed by atoms with van der Waals surface area (Å²) in [5.41, 5.74) is 1.94. The maximum atomic E-state index is 6.20. The number of amidine groups is 1. The number of nitrogens with one attached hydrogen (secondary N) is 1. The molecule has 1 saturated heterocycles. The molecular weight excluding hydrogens is 330 g/mol. The number of hydrogen-bond donors (Lipinski definition) is 1. The smallest absolute Gasteiger partial charge is 0.153 e. The molecule has 0 radical (unpaired) electrons. The van der Waals surface area contributed by atoms with Crippen LogP contribution in [0.25, 0.3) is 0 Å². The van der Waals surface area contributed by atoms with E-state index < -0.39 is 0 Å². The maximum Gasteiger partial charge on any atom is 0.153 e. The van der Waals surface area contributed by atoms with Gasteiger partial charge in [-0.05, 0) is 30.3 Å². The summed E-state index contributed by atoms with van der Waals surface area (Å²) in [5, 5.41) is 3.41. The number of para-hydroxylation sites is 2. The summed E-state index contributed by atoms with van der Waals surface area (Å²) in [6.45, 7) is 7.65. The first-order valence-corrected chi connectivity index (χ1v) is 9.53. The average molecular weight is 351 g/mol. The van der Waals surface area contributed by atoms with Crippen LogP contribution in [0.4, 0.5) is 5.69 Å². The van der Waals surface area contributed by atoms with Crippen LogP contribution in [-0.4, -0.2) is 42.7 Å². The van der Waals surface area contributed by atoms with Crippen LogP contribution in [0.2, 0.25) is 0 Å². The number of piperazine rings is 1. The van der Waals surface area contributed by atoms with Crippen molar-refractivity contribution in [2.75, 3.05) is 31.9 Å². The Labute approximate surface area is 152 Å². The van der Waals surface area contributed by atoms with Crippen LogP contribution in [0, 0.1) is 0 Å². The van der Waals surface area contributed by atoms with E-state index in [1.807, 2.05) is 30.3 Å². The molecule has 2 aromatic carbocycles. The van der Waals surface area contributed by atoms with Gasteiger partial charge in [0.05, 0.1) is 5.56 Å². The predicted octanol–water partition coefficient (Wildman–Crippen LogP) is 4.05. The lowest BCUT2D eigenvalue weighted by Gasteiger charge is -2.30. The molecule has 25 heavy (non-hydrogen) atoms. The average Bonchev–Trinajstić information content (AvgIpc) is 2.83. The van der Waals surface area contributed by atoms with Crippen molar-refractivity contribution < 1.29 is 4.74 Å². The summed E-state index contributed by atoms with van der Waals surface area (Å²) >= 11 is 1.77. The maximum absolute atomic E-state index is 6.20. The van der Waals surface area contributed by atoms with Crippen molar-refractivity contribution in [1.29, 1.82) is 0 Å². The molecule has 0 unspecified atom stereocenters. The van der Waals surface area contributed by atoms with Crippen molar-refractivity contribution in [3.05, 3.63) is 60.7 Å². The van der Waals surface area contributed by atoms with Gasteiger partial charge in [0.2, 0.25) is 0 Å². The largest absolute Gasteiger partial charge is 0.454 e. The van der Waals surface area contributed by atoms with Gasteiger partial charge in [-0.1, -0.05) is 18.2 Å². The molecule has 4 rings (SSSR count). The summed E-state index contributed by atoms with van der Waals surface area (Å²) in [4.78, 5) is 8.54. The van der Waals surface area contributed by atoms with Crippen LogP contribution < -0.4 is 10.1 Å². The molecule has 128 valence electrons. The molecule has 2 aliphatic rings. The summed E-state index contributed by atoms with van der Waals surface area (Å²) in [6.07, 6.45) is 1.92. The lowest BCUT2D eigenvalue weighted by Crippen LogP contribution is -2.46. The fourth-order valence-electron chi connectivity index (χ4n) is 3.06. The molecule has 2 aliphatic heterocycles. The van der Waals surface area contributed by atoms with E-state index in [9.17, 15) is 0 Å². The van der Waals surface area contributed by atoms with E-state index in [-0.39, 0.29) is 0 Å². The van der Waals surface area contributed by atoms with E-state index in [1.165, 1.54) is 4.90 Å². The second-order valence-electron chi connectivity index (χ2n) is 6.00. The van der Waals surface area contributed by atoms with Crippen molar-refractivity contribution >= 4 is 23.3 Å². The van der Waals surface area contributed by atoms with E-state index in [0.29, 0.717) is 0 Å². The van der Waals surface area contributed by atoms with Crippen molar-refractivity contribution in [2.45, 2.75) is 4.90 Å². The molecule has 0 bridgehead atoms. The number of thioether (sulfide) groups is 1. The summed E-state index contributed by atoms with van der Waals surface area (Å²) in [5.74, 6) is 3.56. The highest BCUT2D eigenvalue weighted by Crippen LogP contribution is 2.39. The highest BCUT2D eigenvalue weighted by Gasteiger charge is 2.24. The number of ether oxygens (including phenoxy) is 1. The molecule has 0 atom stereocenters. The quantitative estimate of drug-likeness (QED) is 0.668. The summed E-state index contributed by atoms with van der Waals surface area (Å²) < 4.78 is 6.20. The normalized spacial score (nSPS) is 16.2. The molecule has 1 fully saturated rings.